The first kappa shape index (κ1) is 29.1. The molecule has 8 aromatic rings. The molecular formula is C46H32N2O4. The molecule has 0 atom stereocenters. The first-order chi connectivity index (χ1) is 25.8. The average molecular weight is 677 g/mol. The fraction of sp³-hybridized carbons (Fsp3) is 0.0870. The van der Waals surface area contributed by atoms with Crippen LogP contribution in [0.2, 0.25) is 0 Å². The molecule has 6 aromatic carbocycles. The number of nitrogens with one attached hydrogen (secondary N) is 2. The van der Waals surface area contributed by atoms with Crippen LogP contribution in [-0.4, -0.2) is 13.1 Å². The summed E-state index contributed by atoms with van der Waals surface area (Å²) in [5.41, 5.74) is 12.1. The molecule has 11 rings (SSSR count). The molecule has 250 valence electrons. The van der Waals surface area contributed by atoms with E-state index in [-0.39, 0.29) is 0 Å². The number of rotatable bonds is 2. The van der Waals surface area contributed by atoms with Gasteiger partial charge in [0.05, 0.1) is 0 Å². The molecule has 0 saturated heterocycles. The number of benzene rings is 6. The number of anilines is 2. The Kier molecular flexibility index (Phi) is 6.40. The first-order valence-corrected chi connectivity index (χ1v) is 17.8. The van der Waals surface area contributed by atoms with Crippen molar-refractivity contribution in [1.82, 2.24) is 0 Å². The largest absolute Gasteiger partial charge is 0.456 e. The van der Waals surface area contributed by atoms with Gasteiger partial charge >= 0.3 is 0 Å². The van der Waals surface area contributed by atoms with Crippen LogP contribution in [-0.2, 0) is 6.42 Å². The van der Waals surface area contributed by atoms with Crippen LogP contribution in [0.25, 0.3) is 72.5 Å². The molecule has 0 fully saturated rings. The lowest BCUT2D eigenvalue weighted by atomic mass is 9.92. The molecule has 5 heterocycles. The second-order valence-electron chi connectivity index (χ2n) is 13.5. The van der Waals surface area contributed by atoms with E-state index in [4.69, 9.17) is 18.3 Å². The summed E-state index contributed by atoms with van der Waals surface area (Å²) in [6.07, 6.45) is 6.33. The maximum atomic E-state index is 7.01. The van der Waals surface area contributed by atoms with Gasteiger partial charge in [-0.15, -0.1) is 0 Å². The molecule has 0 radical (unpaired) electrons. The minimum Gasteiger partial charge on any atom is -0.456 e. The van der Waals surface area contributed by atoms with Crippen LogP contribution in [0.4, 0.5) is 11.8 Å². The predicted molar refractivity (Wildman–Crippen MR) is 209 cm³/mol. The summed E-state index contributed by atoms with van der Waals surface area (Å²) in [6.45, 7) is 1.67. The summed E-state index contributed by atoms with van der Waals surface area (Å²) < 4.78 is 26.5. The molecule has 52 heavy (non-hydrogen) atoms. The van der Waals surface area contributed by atoms with Crippen molar-refractivity contribution in [1.29, 1.82) is 0 Å². The predicted octanol–water partition coefficient (Wildman–Crippen LogP) is 12.5. The Bertz CT molecular complexity index is 2770. The van der Waals surface area contributed by atoms with Crippen LogP contribution in [0, 0.1) is 0 Å². The highest BCUT2D eigenvalue weighted by atomic mass is 16.5. The summed E-state index contributed by atoms with van der Waals surface area (Å²) in [5.74, 6) is 4.69. The number of hydrogen-bond acceptors (Lipinski definition) is 6. The van der Waals surface area contributed by atoms with Crippen molar-refractivity contribution >= 4 is 39.8 Å². The van der Waals surface area contributed by atoms with Crippen molar-refractivity contribution in [3.63, 3.8) is 0 Å². The monoisotopic (exact) mass is 676 g/mol. The van der Waals surface area contributed by atoms with E-state index < -0.39 is 0 Å². The van der Waals surface area contributed by atoms with E-state index >= 15 is 0 Å². The Labute approximate surface area is 299 Å². The van der Waals surface area contributed by atoms with Gasteiger partial charge in [0.25, 0.3) is 0 Å². The SMILES string of the molecule is C1=Cc2c(oc3cccc(-c4ccc5c(c4)Oc4ccccc4-c4ccccc4Oc4cc(-c6cccc7oc8c(c67)CCCN8)ccc4-5)c23)NC1. The molecule has 2 N–H and O–H groups in total. The third-order valence-corrected chi connectivity index (χ3v) is 10.5. The molecule has 3 aliphatic rings. The van der Waals surface area contributed by atoms with Crippen molar-refractivity contribution in [2.24, 2.45) is 0 Å². The second kappa shape index (κ2) is 11.4. The highest BCUT2D eigenvalue weighted by molar-refractivity contribution is 6.04. The van der Waals surface area contributed by atoms with Crippen LogP contribution < -0.4 is 20.1 Å². The van der Waals surface area contributed by atoms with E-state index in [0.29, 0.717) is 0 Å². The van der Waals surface area contributed by atoms with E-state index in [1.807, 2.05) is 48.5 Å². The molecule has 0 aliphatic carbocycles. The van der Waals surface area contributed by atoms with Gasteiger partial charge in [0, 0.05) is 57.2 Å². The lowest BCUT2D eigenvalue weighted by Crippen LogP contribution is -2.09. The van der Waals surface area contributed by atoms with Gasteiger partial charge in [-0.25, -0.2) is 0 Å². The molecule has 0 unspecified atom stereocenters. The molecule has 0 saturated carbocycles. The minimum absolute atomic E-state index is 0.738. The van der Waals surface area contributed by atoms with Gasteiger partial charge in [-0.1, -0.05) is 84.9 Å². The van der Waals surface area contributed by atoms with Crippen LogP contribution in [0.3, 0.4) is 0 Å². The number of fused-ring (bicyclic) bond motifs is 12. The lowest BCUT2D eigenvalue weighted by Gasteiger charge is -2.22. The molecule has 6 nitrogen and oxygen atoms in total. The van der Waals surface area contributed by atoms with Crippen LogP contribution in [0.15, 0.2) is 136 Å². The van der Waals surface area contributed by atoms with Gasteiger partial charge in [-0.2, -0.15) is 0 Å². The fourth-order valence-electron chi connectivity index (χ4n) is 8.12. The van der Waals surface area contributed by atoms with Gasteiger partial charge in [0.2, 0.25) is 5.88 Å². The Morgan fingerprint density at radius 2 is 1.06 bits per heavy atom. The van der Waals surface area contributed by atoms with E-state index in [0.717, 1.165) is 133 Å². The molecule has 0 amide bonds. The molecule has 2 aromatic heterocycles. The van der Waals surface area contributed by atoms with Crippen molar-refractivity contribution in [3.05, 3.63) is 139 Å². The molecule has 0 spiro atoms. The Hall–Kier alpha value is -6.66. The van der Waals surface area contributed by atoms with Gasteiger partial charge < -0.3 is 28.9 Å². The minimum atomic E-state index is 0.738. The Morgan fingerprint density at radius 3 is 1.75 bits per heavy atom. The van der Waals surface area contributed by atoms with Crippen LogP contribution in [0.5, 0.6) is 23.0 Å². The zero-order chi connectivity index (χ0) is 34.2. The van der Waals surface area contributed by atoms with Crippen molar-refractivity contribution < 1.29 is 18.3 Å². The fourth-order valence-corrected chi connectivity index (χ4v) is 8.12. The van der Waals surface area contributed by atoms with Crippen molar-refractivity contribution in [3.8, 4) is 67.5 Å². The quantitative estimate of drug-likeness (QED) is 0.190. The summed E-state index contributed by atoms with van der Waals surface area (Å²) in [5, 5.41) is 9.08. The third kappa shape index (κ3) is 4.50. The van der Waals surface area contributed by atoms with E-state index in [1.165, 1.54) is 5.56 Å². The zero-order valence-corrected chi connectivity index (χ0v) is 28.2. The number of para-hydroxylation sites is 2. The van der Waals surface area contributed by atoms with Crippen molar-refractivity contribution in [2.45, 2.75) is 12.8 Å². The third-order valence-electron chi connectivity index (χ3n) is 10.5. The normalized spacial score (nSPS) is 14.0. The summed E-state index contributed by atoms with van der Waals surface area (Å²) in [4.78, 5) is 0. The summed E-state index contributed by atoms with van der Waals surface area (Å²) in [6, 6.07) is 41.9. The van der Waals surface area contributed by atoms with Gasteiger partial charge in [0.1, 0.15) is 34.2 Å². The molecule has 0 bridgehead atoms. The topological polar surface area (TPSA) is 68.8 Å². The highest BCUT2D eigenvalue weighted by Crippen LogP contribution is 2.50. The highest BCUT2D eigenvalue weighted by Gasteiger charge is 2.25. The zero-order valence-electron chi connectivity index (χ0n) is 28.2. The van der Waals surface area contributed by atoms with E-state index in [9.17, 15) is 0 Å². The van der Waals surface area contributed by atoms with Crippen LogP contribution >= 0.6 is 0 Å². The standard InChI is InChI=1S/C46H32N2O4/c1-3-15-37-31(9-1)32-10-2-4-16-38(32)50-42-26-28(30-12-6-18-40-44(30)36-14-8-24-48-46(36)52-40)20-22-34(42)33-21-19-27(25-41(33)49-37)29-11-5-17-39-43(29)35-13-7-23-47-45(35)51-39/h1-7,9-13,15-22,25-26,47-48H,8,14,23-24H2. The number of furan rings is 2. The molecule has 6 heteroatoms. The number of hydrogen-bond donors (Lipinski definition) is 2. The maximum absolute atomic E-state index is 7.01. The maximum Gasteiger partial charge on any atom is 0.201 e. The lowest BCUT2D eigenvalue weighted by molar-refractivity contribution is 0.472. The van der Waals surface area contributed by atoms with Crippen molar-refractivity contribution in [2.75, 3.05) is 23.7 Å². The van der Waals surface area contributed by atoms with Gasteiger partial charge in [-0.05, 0) is 83.6 Å². The van der Waals surface area contributed by atoms with Gasteiger partial charge in [-0.3, -0.25) is 0 Å². The number of aryl methyl sites for hydroxylation is 1. The molecule has 3 aliphatic heterocycles. The summed E-state index contributed by atoms with van der Waals surface area (Å²) in [7, 11) is 0. The van der Waals surface area contributed by atoms with E-state index in [1.54, 1.807) is 0 Å². The second-order valence-corrected chi connectivity index (χ2v) is 13.5. The van der Waals surface area contributed by atoms with E-state index in [2.05, 4.69) is 95.6 Å². The summed E-state index contributed by atoms with van der Waals surface area (Å²) >= 11 is 0. The Balaban J connectivity index is 1.14. The van der Waals surface area contributed by atoms with Crippen LogP contribution in [0.1, 0.15) is 17.5 Å². The molecular weight excluding hydrogens is 645 g/mol. The first-order valence-electron chi connectivity index (χ1n) is 17.8. The van der Waals surface area contributed by atoms with Gasteiger partial charge in [0.15, 0.2) is 5.88 Å². The smallest absolute Gasteiger partial charge is 0.201 e. The number of ether oxygens (including phenoxy) is 2. The Morgan fingerprint density at radius 1 is 0.481 bits per heavy atom. The average Bonchev–Trinajstić information content (AvgIpc) is 3.77.